The summed E-state index contributed by atoms with van der Waals surface area (Å²) >= 11 is 0. The monoisotopic (exact) mass is 264 g/mol. The van der Waals surface area contributed by atoms with Crippen molar-refractivity contribution in [3.05, 3.63) is 22.8 Å². The standard InChI is InChI=1S/C10H16N4.2ClH/c1-7-12-9-3-4-14(2)6-8(9)10(5-11)13-7;;/h3-6,11H2,1-2H3;2*1H. The lowest BCUT2D eigenvalue weighted by atomic mass is 10.0. The van der Waals surface area contributed by atoms with Crippen LogP contribution in [-0.2, 0) is 19.5 Å². The Balaban J connectivity index is 0.00000112. The molecule has 0 spiro atoms. The van der Waals surface area contributed by atoms with E-state index in [1.165, 1.54) is 11.3 Å². The van der Waals surface area contributed by atoms with Crippen LogP contribution in [0.3, 0.4) is 0 Å². The van der Waals surface area contributed by atoms with Gasteiger partial charge in [-0.1, -0.05) is 0 Å². The number of hydrogen-bond donors (Lipinski definition) is 1. The van der Waals surface area contributed by atoms with E-state index in [0.29, 0.717) is 6.54 Å². The van der Waals surface area contributed by atoms with Gasteiger partial charge in [0.1, 0.15) is 5.82 Å². The van der Waals surface area contributed by atoms with Crippen LogP contribution in [0.1, 0.15) is 22.8 Å². The minimum atomic E-state index is 0. The largest absolute Gasteiger partial charge is 0.325 e. The van der Waals surface area contributed by atoms with Gasteiger partial charge in [-0.25, -0.2) is 9.97 Å². The van der Waals surface area contributed by atoms with E-state index in [1.54, 1.807) is 0 Å². The van der Waals surface area contributed by atoms with Crippen molar-refractivity contribution in [2.75, 3.05) is 13.6 Å². The topological polar surface area (TPSA) is 55.0 Å². The molecule has 16 heavy (non-hydrogen) atoms. The molecule has 0 aliphatic carbocycles. The molecular weight excluding hydrogens is 247 g/mol. The predicted molar refractivity (Wildman–Crippen MR) is 69.2 cm³/mol. The molecule has 6 heteroatoms. The molecule has 2 N–H and O–H groups in total. The van der Waals surface area contributed by atoms with Crippen LogP contribution in [0, 0.1) is 6.92 Å². The van der Waals surface area contributed by atoms with Crippen molar-refractivity contribution in [2.45, 2.75) is 26.4 Å². The highest BCUT2D eigenvalue weighted by atomic mass is 35.5. The summed E-state index contributed by atoms with van der Waals surface area (Å²) < 4.78 is 0. The Kier molecular flexibility index (Phi) is 6.18. The van der Waals surface area contributed by atoms with E-state index in [-0.39, 0.29) is 24.8 Å². The summed E-state index contributed by atoms with van der Waals surface area (Å²) in [7, 11) is 2.11. The number of aromatic nitrogens is 2. The van der Waals surface area contributed by atoms with Gasteiger partial charge >= 0.3 is 0 Å². The van der Waals surface area contributed by atoms with Crippen LogP contribution >= 0.6 is 24.8 Å². The number of halogens is 2. The second kappa shape index (κ2) is 6.35. The Morgan fingerprint density at radius 3 is 2.62 bits per heavy atom. The fourth-order valence-electron chi connectivity index (χ4n) is 1.92. The lowest BCUT2D eigenvalue weighted by Crippen LogP contribution is -2.29. The van der Waals surface area contributed by atoms with Gasteiger partial charge in [-0.3, -0.25) is 0 Å². The Morgan fingerprint density at radius 2 is 2.00 bits per heavy atom. The highest BCUT2D eigenvalue weighted by Gasteiger charge is 2.18. The van der Waals surface area contributed by atoms with E-state index < -0.39 is 0 Å². The van der Waals surface area contributed by atoms with E-state index in [9.17, 15) is 0 Å². The van der Waals surface area contributed by atoms with Gasteiger partial charge < -0.3 is 10.6 Å². The van der Waals surface area contributed by atoms with Gasteiger partial charge in [0, 0.05) is 31.6 Å². The fraction of sp³-hybridized carbons (Fsp3) is 0.600. The molecule has 0 fully saturated rings. The molecular formula is C10H18Cl2N4. The van der Waals surface area contributed by atoms with Crippen molar-refractivity contribution in [3.63, 3.8) is 0 Å². The van der Waals surface area contributed by atoms with Crippen LogP contribution in [0.2, 0.25) is 0 Å². The molecule has 1 aromatic heterocycles. The van der Waals surface area contributed by atoms with Crippen molar-refractivity contribution in [1.82, 2.24) is 14.9 Å². The van der Waals surface area contributed by atoms with Gasteiger partial charge in [0.15, 0.2) is 0 Å². The van der Waals surface area contributed by atoms with Gasteiger partial charge in [0.05, 0.1) is 11.4 Å². The summed E-state index contributed by atoms with van der Waals surface area (Å²) in [6.45, 7) is 4.45. The first-order chi connectivity index (χ1) is 6.70. The maximum atomic E-state index is 5.68. The summed E-state index contributed by atoms with van der Waals surface area (Å²) in [6.07, 6.45) is 1.02. The van der Waals surface area contributed by atoms with Crippen LogP contribution in [0.15, 0.2) is 0 Å². The van der Waals surface area contributed by atoms with Crippen molar-refractivity contribution < 1.29 is 0 Å². The van der Waals surface area contributed by atoms with Crippen molar-refractivity contribution >= 4 is 24.8 Å². The Hall–Kier alpha value is -0.420. The number of rotatable bonds is 1. The summed E-state index contributed by atoms with van der Waals surface area (Å²) in [5.74, 6) is 0.841. The molecule has 0 bridgehead atoms. The molecule has 2 heterocycles. The minimum Gasteiger partial charge on any atom is -0.325 e. The molecule has 0 unspecified atom stereocenters. The molecule has 4 nitrogen and oxygen atoms in total. The summed E-state index contributed by atoms with van der Waals surface area (Å²) in [5.41, 5.74) is 9.13. The molecule has 1 aromatic rings. The lowest BCUT2D eigenvalue weighted by molar-refractivity contribution is 0.307. The zero-order valence-electron chi connectivity index (χ0n) is 9.56. The van der Waals surface area contributed by atoms with E-state index in [1.807, 2.05) is 6.92 Å². The molecule has 0 saturated carbocycles. The molecule has 1 aliphatic heterocycles. The first-order valence-corrected chi connectivity index (χ1v) is 4.94. The highest BCUT2D eigenvalue weighted by Crippen LogP contribution is 2.18. The zero-order valence-corrected chi connectivity index (χ0v) is 11.2. The third kappa shape index (κ3) is 3.04. The van der Waals surface area contributed by atoms with Crippen molar-refractivity contribution in [3.8, 4) is 0 Å². The SMILES string of the molecule is Cc1nc(CN)c2c(n1)CCN(C)C2.Cl.Cl. The smallest absolute Gasteiger partial charge is 0.125 e. The first-order valence-electron chi connectivity index (χ1n) is 4.94. The number of likely N-dealkylation sites (N-methyl/N-ethyl adjacent to an activating group) is 1. The van der Waals surface area contributed by atoms with Crippen LogP contribution in [0.25, 0.3) is 0 Å². The third-order valence-electron chi connectivity index (χ3n) is 2.64. The molecule has 1 aliphatic rings. The second-order valence-corrected chi connectivity index (χ2v) is 3.83. The Morgan fingerprint density at radius 1 is 1.31 bits per heavy atom. The van der Waals surface area contributed by atoms with E-state index >= 15 is 0 Å². The molecule has 0 atom stereocenters. The van der Waals surface area contributed by atoms with E-state index in [0.717, 1.165) is 31.0 Å². The minimum absolute atomic E-state index is 0. The highest BCUT2D eigenvalue weighted by molar-refractivity contribution is 5.85. The van der Waals surface area contributed by atoms with Crippen LogP contribution < -0.4 is 5.73 Å². The molecule has 0 amide bonds. The molecule has 0 radical (unpaired) electrons. The van der Waals surface area contributed by atoms with E-state index in [4.69, 9.17) is 5.73 Å². The van der Waals surface area contributed by atoms with Crippen LogP contribution in [0.4, 0.5) is 0 Å². The van der Waals surface area contributed by atoms with E-state index in [2.05, 4.69) is 21.9 Å². The van der Waals surface area contributed by atoms with Crippen LogP contribution in [-0.4, -0.2) is 28.5 Å². The van der Waals surface area contributed by atoms with Gasteiger partial charge in [-0.2, -0.15) is 0 Å². The predicted octanol–water partition coefficient (Wildman–Crippen LogP) is 1.08. The summed E-state index contributed by atoms with van der Waals surface area (Å²) in [6, 6.07) is 0. The van der Waals surface area contributed by atoms with Gasteiger partial charge in [0.25, 0.3) is 0 Å². The number of nitrogens with zero attached hydrogens (tertiary/aromatic N) is 3. The quantitative estimate of drug-likeness (QED) is 0.825. The number of hydrogen-bond acceptors (Lipinski definition) is 4. The number of aryl methyl sites for hydroxylation is 1. The van der Waals surface area contributed by atoms with Crippen molar-refractivity contribution in [2.24, 2.45) is 5.73 Å². The maximum absolute atomic E-state index is 5.68. The Labute approximate surface area is 108 Å². The average Bonchev–Trinajstić information content (AvgIpc) is 2.17. The van der Waals surface area contributed by atoms with Crippen molar-refractivity contribution in [1.29, 1.82) is 0 Å². The number of nitrogens with two attached hydrogens (primary N) is 1. The van der Waals surface area contributed by atoms with Crippen LogP contribution in [0.5, 0.6) is 0 Å². The summed E-state index contributed by atoms with van der Waals surface area (Å²) in [5, 5.41) is 0. The van der Waals surface area contributed by atoms with Gasteiger partial charge in [-0.05, 0) is 14.0 Å². The fourth-order valence-corrected chi connectivity index (χ4v) is 1.92. The molecule has 0 aromatic carbocycles. The normalized spacial score (nSPS) is 14.7. The van der Waals surface area contributed by atoms with Gasteiger partial charge in [-0.15, -0.1) is 24.8 Å². The number of fused-ring (bicyclic) bond motifs is 1. The van der Waals surface area contributed by atoms with Gasteiger partial charge in [0.2, 0.25) is 0 Å². The third-order valence-corrected chi connectivity index (χ3v) is 2.64. The first kappa shape index (κ1) is 15.6. The second-order valence-electron chi connectivity index (χ2n) is 3.83. The zero-order chi connectivity index (χ0) is 10.1. The maximum Gasteiger partial charge on any atom is 0.125 e. The summed E-state index contributed by atoms with van der Waals surface area (Å²) in [4.78, 5) is 11.1. The Bertz CT molecular complexity index is 340. The lowest BCUT2D eigenvalue weighted by Gasteiger charge is -2.25. The molecule has 0 saturated heterocycles. The average molecular weight is 265 g/mol. The molecule has 92 valence electrons. The molecule has 2 rings (SSSR count).